The van der Waals surface area contributed by atoms with Gasteiger partial charge in [0.25, 0.3) is 5.92 Å². The van der Waals surface area contributed by atoms with Crippen molar-refractivity contribution >= 4 is 11.8 Å². The molecule has 1 aromatic rings. The van der Waals surface area contributed by atoms with Crippen molar-refractivity contribution in [3.63, 3.8) is 0 Å². The summed E-state index contributed by atoms with van der Waals surface area (Å²) in [6.07, 6.45) is 1.83. The molecule has 1 heterocycles. The number of hydrogen-bond donors (Lipinski definition) is 1. The molecule has 0 aliphatic heterocycles. The van der Waals surface area contributed by atoms with E-state index in [0.29, 0.717) is 11.0 Å². The van der Waals surface area contributed by atoms with Crippen LogP contribution in [0, 0.1) is 0 Å². The monoisotopic (exact) mass is 263 g/mol. The summed E-state index contributed by atoms with van der Waals surface area (Å²) in [5.41, 5.74) is 0. The molecule has 0 saturated heterocycles. The lowest BCUT2D eigenvalue weighted by Gasteiger charge is -2.13. The molecule has 0 unspecified atom stereocenters. The molecule has 17 heavy (non-hydrogen) atoms. The number of aliphatic hydroxyl groups excluding tert-OH is 1. The third-order valence-electron chi connectivity index (χ3n) is 2.72. The second kappa shape index (κ2) is 4.89. The second-order valence-corrected chi connectivity index (χ2v) is 5.10. The highest BCUT2D eigenvalue weighted by atomic mass is 32.2. The van der Waals surface area contributed by atoms with Crippen LogP contribution in [0.5, 0.6) is 0 Å². The van der Waals surface area contributed by atoms with Crippen molar-refractivity contribution in [3.05, 3.63) is 5.82 Å². The Bertz CT molecular complexity index is 393. The normalized spacial score (nSPS) is 16.5. The Hall–Kier alpha value is -0.690. The van der Waals surface area contributed by atoms with Crippen LogP contribution in [0.15, 0.2) is 5.16 Å². The molecule has 4 nitrogen and oxygen atoms in total. The SMILES string of the molecule is CCC(F)(F)CSc1nnc(CO)n1C1CC1. The summed E-state index contributed by atoms with van der Waals surface area (Å²) < 4.78 is 28.1. The van der Waals surface area contributed by atoms with E-state index < -0.39 is 5.92 Å². The van der Waals surface area contributed by atoms with Gasteiger partial charge < -0.3 is 9.67 Å². The number of halogens is 2. The van der Waals surface area contributed by atoms with Crippen LogP contribution in [0.1, 0.15) is 38.1 Å². The van der Waals surface area contributed by atoms with Crippen LogP contribution >= 0.6 is 11.8 Å². The van der Waals surface area contributed by atoms with Gasteiger partial charge in [0.05, 0.1) is 5.75 Å². The van der Waals surface area contributed by atoms with Crippen LogP contribution in [0.3, 0.4) is 0 Å². The molecule has 1 saturated carbocycles. The number of aromatic nitrogens is 3. The maximum Gasteiger partial charge on any atom is 0.257 e. The molecule has 1 N–H and O–H groups in total. The summed E-state index contributed by atoms with van der Waals surface area (Å²) in [7, 11) is 0. The number of thioether (sulfide) groups is 1. The Morgan fingerprint density at radius 1 is 1.47 bits per heavy atom. The largest absolute Gasteiger partial charge is 0.388 e. The lowest BCUT2D eigenvalue weighted by molar-refractivity contribution is 0.0235. The van der Waals surface area contributed by atoms with Crippen LogP contribution in [-0.2, 0) is 6.61 Å². The summed E-state index contributed by atoms with van der Waals surface area (Å²) >= 11 is 1.01. The predicted molar refractivity (Wildman–Crippen MR) is 60.2 cm³/mol. The van der Waals surface area contributed by atoms with Gasteiger partial charge >= 0.3 is 0 Å². The number of alkyl halides is 2. The topological polar surface area (TPSA) is 50.9 Å². The van der Waals surface area contributed by atoms with Gasteiger partial charge in [0.1, 0.15) is 6.61 Å². The van der Waals surface area contributed by atoms with E-state index in [4.69, 9.17) is 5.11 Å². The Morgan fingerprint density at radius 2 is 2.18 bits per heavy atom. The van der Waals surface area contributed by atoms with E-state index >= 15 is 0 Å². The van der Waals surface area contributed by atoms with Crippen molar-refractivity contribution in [2.24, 2.45) is 0 Å². The molecule has 7 heteroatoms. The lowest BCUT2D eigenvalue weighted by Crippen LogP contribution is -2.18. The Kier molecular flexibility index (Phi) is 3.67. The van der Waals surface area contributed by atoms with Gasteiger partial charge in [0.15, 0.2) is 11.0 Å². The zero-order chi connectivity index (χ0) is 12.5. The molecule has 96 valence electrons. The first-order valence-electron chi connectivity index (χ1n) is 5.62. The van der Waals surface area contributed by atoms with Gasteiger partial charge in [0, 0.05) is 12.5 Å². The highest BCUT2D eigenvalue weighted by Crippen LogP contribution is 2.39. The summed E-state index contributed by atoms with van der Waals surface area (Å²) in [5.74, 6) is -2.50. The maximum atomic E-state index is 13.1. The van der Waals surface area contributed by atoms with E-state index in [0.717, 1.165) is 24.6 Å². The van der Waals surface area contributed by atoms with Crippen LogP contribution in [0.2, 0.25) is 0 Å². The molecule has 0 spiro atoms. The minimum absolute atomic E-state index is 0.176. The molecule has 1 aliphatic carbocycles. The minimum Gasteiger partial charge on any atom is -0.388 e. The van der Waals surface area contributed by atoms with Crippen molar-refractivity contribution in [1.29, 1.82) is 0 Å². The summed E-state index contributed by atoms with van der Waals surface area (Å²) in [6.45, 7) is 1.26. The molecule has 0 bridgehead atoms. The molecule has 2 rings (SSSR count). The van der Waals surface area contributed by atoms with E-state index in [2.05, 4.69) is 10.2 Å². The summed E-state index contributed by atoms with van der Waals surface area (Å²) in [4.78, 5) is 0. The standard InChI is InChI=1S/C10H15F2N3OS/c1-2-10(11,12)6-17-9-14-13-8(5-16)15(9)7-3-4-7/h7,16H,2-6H2,1H3. The third kappa shape index (κ3) is 2.95. The van der Waals surface area contributed by atoms with E-state index in [9.17, 15) is 8.78 Å². The zero-order valence-electron chi connectivity index (χ0n) is 9.57. The number of aliphatic hydroxyl groups is 1. The zero-order valence-corrected chi connectivity index (χ0v) is 10.4. The number of nitrogens with zero attached hydrogens (tertiary/aromatic N) is 3. The van der Waals surface area contributed by atoms with E-state index in [1.807, 2.05) is 0 Å². The third-order valence-corrected chi connectivity index (χ3v) is 3.82. The van der Waals surface area contributed by atoms with Crippen LogP contribution < -0.4 is 0 Å². The molecule has 1 fully saturated rings. The average Bonchev–Trinajstić information content (AvgIpc) is 3.07. The van der Waals surface area contributed by atoms with E-state index in [-0.39, 0.29) is 24.8 Å². The van der Waals surface area contributed by atoms with E-state index in [1.54, 1.807) is 4.57 Å². The molecule has 0 amide bonds. The van der Waals surface area contributed by atoms with Gasteiger partial charge in [-0.15, -0.1) is 10.2 Å². The molecule has 1 aromatic heterocycles. The highest BCUT2D eigenvalue weighted by Gasteiger charge is 2.32. The van der Waals surface area contributed by atoms with Crippen molar-refractivity contribution in [2.75, 3.05) is 5.75 Å². The fourth-order valence-corrected chi connectivity index (χ4v) is 2.52. The molecular formula is C10H15F2N3OS. The van der Waals surface area contributed by atoms with Gasteiger partial charge in [-0.1, -0.05) is 18.7 Å². The Balaban J connectivity index is 2.08. The van der Waals surface area contributed by atoms with Crippen molar-refractivity contribution in [2.45, 2.75) is 49.9 Å². The first kappa shape index (κ1) is 12.8. The fraction of sp³-hybridized carbons (Fsp3) is 0.800. The Morgan fingerprint density at radius 3 is 2.71 bits per heavy atom. The summed E-state index contributed by atoms with van der Waals surface area (Å²) in [6, 6.07) is 0.282. The lowest BCUT2D eigenvalue weighted by atomic mass is 10.3. The van der Waals surface area contributed by atoms with Crippen LogP contribution in [0.4, 0.5) is 8.78 Å². The van der Waals surface area contributed by atoms with Crippen LogP contribution in [-0.4, -0.2) is 31.5 Å². The smallest absolute Gasteiger partial charge is 0.257 e. The van der Waals surface area contributed by atoms with Gasteiger partial charge in [-0.2, -0.15) is 0 Å². The number of hydrogen-bond acceptors (Lipinski definition) is 4. The minimum atomic E-state index is -2.68. The molecule has 1 aliphatic rings. The number of rotatable bonds is 6. The Labute approximate surface area is 102 Å². The first-order chi connectivity index (χ1) is 8.07. The first-order valence-corrected chi connectivity index (χ1v) is 6.61. The van der Waals surface area contributed by atoms with Crippen molar-refractivity contribution < 1.29 is 13.9 Å². The van der Waals surface area contributed by atoms with Gasteiger partial charge in [-0.25, -0.2) is 8.78 Å². The van der Waals surface area contributed by atoms with Crippen molar-refractivity contribution in [1.82, 2.24) is 14.8 Å². The quantitative estimate of drug-likeness (QED) is 0.800. The van der Waals surface area contributed by atoms with Gasteiger partial charge in [-0.05, 0) is 12.8 Å². The highest BCUT2D eigenvalue weighted by molar-refractivity contribution is 7.99. The second-order valence-electron chi connectivity index (χ2n) is 4.16. The van der Waals surface area contributed by atoms with Gasteiger partial charge in [-0.3, -0.25) is 0 Å². The molecular weight excluding hydrogens is 248 g/mol. The van der Waals surface area contributed by atoms with Gasteiger partial charge in [0.2, 0.25) is 0 Å². The summed E-state index contributed by atoms with van der Waals surface area (Å²) in [5, 5.41) is 17.3. The van der Waals surface area contributed by atoms with Crippen LogP contribution in [0.25, 0.3) is 0 Å². The predicted octanol–water partition coefficient (Wildman–Crippen LogP) is 2.24. The molecule has 0 aromatic carbocycles. The van der Waals surface area contributed by atoms with Crippen molar-refractivity contribution in [3.8, 4) is 0 Å². The maximum absolute atomic E-state index is 13.1. The van der Waals surface area contributed by atoms with E-state index in [1.165, 1.54) is 6.92 Å². The molecule has 0 radical (unpaired) electrons. The fourth-order valence-electron chi connectivity index (χ4n) is 1.49. The average molecular weight is 263 g/mol. The molecule has 0 atom stereocenters.